The number of hydrogen-bond donors (Lipinski definition) is 2. The summed E-state index contributed by atoms with van der Waals surface area (Å²) < 4.78 is 26.4. The highest BCUT2D eigenvalue weighted by molar-refractivity contribution is 7.89. The molecule has 1 aromatic carbocycles. The summed E-state index contributed by atoms with van der Waals surface area (Å²) in [6, 6.07) is 5.89. The van der Waals surface area contributed by atoms with Crippen LogP contribution in [0.2, 0.25) is 0 Å². The monoisotopic (exact) mass is 285 g/mol. The van der Waals surface area contributed by atoms with Crippen LogP contribution in [-0.2, 0) is 10.0 Å². The number of rotatable bonds is 7. The van der Waals surface area contributed by atoms with E-state index in [0.717, 1.165) is 0 Å². The molecule has 0 spiro atoms. The van der Waals surface area contributed by atoms with Crippen molar-refractivity contribution >= 4 is 15.8 Å². The van der Waals surface area contributed by atoms with Crippen LogP contribution >= 0.6 is 0 Å². The fraction of sp³-hybridized carbons (Fsp3) is 0.462. The summed E-state index contributed by atoms with van der Waals surface area (Å²) in [5, 5.41) is 9.36. The van der Waals surface area contributed by atoms with Crippen LogP contribution in [0.25, 0.3) is 0 Å². The number of aliphatic hydroxyl groups is 1. The van der Waals surface area contributed by atoms with Gasteiger partial charge in [0.05, 0.1) is 11.0 Å². The van der Waals surface area contributed by atoms with Gasteiger partial charge in [0, 0.05) is 12.1 Å². The fourth-order valence-electron chi connectivity index (χ4n) is 1.53. The predicted molar refractivity (Wildman–Crippen MR) is 72.5 cm³/mol. The van der Waals surface area contributed by atoms with Crippen LogP contribution in [0.1, 0.15) is 37.0 Å². The third-order valence-corrected chi connectivity index (χ3v) is 4.25. The zero-order valence-corrected chi connectivity index (χ0v) is 11.9. The van der Waals surface area contributed by atoms with E-state index in [1.165, 1.54) is 25.1 Å². The molecule has 0 aliphatic rings. The van der Waals surface area contributed by atoms with Crippen molar-refractivity contribution in [2.24, 2.45) is 0 Å². The molecule has 0 radical (unpaired) electrons. The molecule has 2 N–H and O–H groups in total. The minimum Gasteiger partial charge on any atom is -0.393 e. The Hall–Kier alpha value is -1.24. The predicted octanol–water partition coefficient (Wildman–Crippen LogP) is 1.33. The van der Waals surface area contributed by atoms with Gasteiger partial charge in [-0.1, -0.05) is 19.1 Å². The first kappa shape index (κ1) is 15.8. The quantitative estimate of drug-likeness (QED) is 0.740. The number of carbonyl (C=O) groups is 1. The number of aliphatic hydroxyl groups excluding tert-OH is 1. The summed E-state index contributed by atoms with van der Waals surface area (Å²) in [5.74, 6) is -0.182. The van der Waals surface area contributed by atoms with E-state index in [2.05, 4.69) is 4.72 Å². The molecule has 6 heteroatoms. The molecule has 0 aliphatic heterocycles. The maximum Gasteiger partial charge on any atom is 0.240 e. The normalized spacial score (nSPS) is 13.2. The van der Waals surface area contributed by atoms with Crippen molar-refractivity contribution in [3.8, 4) is 0 Å². The Morgan fingerprint density at radius 1 is 1.42 bits per heavy atom. The zero-order chi connectivity index (χ0) is 14.5. The molecule has 106 valence electrons. The Balaban J connectivity index is 2.77. The van der Waals surface area contributed by atoms with E-state index < -0.39 is 16.1 Å². The van der Waals surface area contributed by atoms with Crippen LogP contribution in [0.4, 0.5) is 0 Å². The third-order valence-electron chi connectivity index (χ3n) is 2.79. The van der Waals surface area contributed by atoms with Gasteiger partial charge in [0.1, 0.15) is 0 Å². The molecule has 19 heavy (non-hydrogen) atoms. The molecule has 1 atom stereocenters. The van der Waals surface area contributed by atoms with Gasteiger partial charge in [-0.15, -0.1) is 0 Å². The second-order valence-corrected chi connectivity index (χ2v) is 6.10. The molecule has 0 aliphatic carbocycles. The summed E-state index contributed by atoms with van der Waals surface area (Å²) in [6.07, 6.45) is 0.440. The van der Waals surface area contributed by atoms with E-state index >= 15 is 0 Å². The molecule has 0 saturated carbocycles. The van der Waals surface area contributed by atoms with E-state index in [9.17, 15) is 18.3 Å². The van der Waals surface area contributed by atoms with Crippen LogP contribution in [0.5, 0.6) is 0 Å². The van der Waals surface area contributed by atoms with Crippen molar-refractivity contribution in [2.45, 2.75) is 37.7 Å². The topological polar surface area (TPSA) is 83.5 Å². The van der Waals surface area contributed by atoms with Crippen molar-refractivity contribution in [1.29, 1.82) is 0 Å². The standard InChI is InChI=1S/C13H19NO4S/c1-3-12(16)7-8-14-19(17,18)13-6-4-5-11(9-13)10(2)15/h4-6,9,12,14,16H,3,7-8H2,1-2H3. The Morgan fingerprint density at radius 3 is 2.68 bits per heavy atom. The smallest absolute Gasteiger partial charge is 0.240 e. The van der Waals surface area contributed by atoms with Crippen molar-refractivity contribution < 1.29 is 18.3 Å². The van der Waals surface area contributed by atoms with Crippen LogP contribution in [-0.4, -0.2) is 32.0 Å². The highest BCUT2D eigenvalue weighted by Crippen LogP contribution is 2.12. The Bertz CT molecular complexity index is 539. The van der Waals surface area contributed by atoms with Gasteiger partial charge >= 0.3 is 0 Å². The average Bonchev–Trinajstić information content (AvgIpc) is 2.38. The van der Waals surface area contributed by atoms with E-state index in [4.69, 9.17) is 0 Å². The zero-order valence-electron chi connectivity index (χ0n) is 11.1. The van der Waals surface area contributed by atoms with E-state index in [0.29, 0.717) is 18.4 Å². The van der Waals surface area contributed by atoms with Crippen molar-refractivity contribution in [3.05, 3.63) is 29.8 Å². The van der Waals surface area contributed by atoms with E-state index in [-0.39, 0.29) is 17.2 Å². The molecule has 0 bridgehead atoms. The third kappa shape index (κ3) is 4.74. The highest BCUT2D eigenvalue weighted by Gasteiger charge is 2.15. The molecular formula is C13H19NO4S. The van der Waals surface area contributed by atoms with E-state index in [1.54, 1.807) is 6.07 Å². The van der Waals surface area contributed by atoms with Gasteiger partial charge < -0.3 is 5.11 Å². The Labute approximate surface area is 113 Å². The summed E-state index contributed by atoms with van der Waals surface area (Å²) in [7, 11) is -3.63. The first-order valence-electron chi connectivity index (χ1n) is 6.15. The average molecular weight is 285 g/mol. The first-order chi connectivity index (χ1) is 8.86. The lowest BCUT2D eigenvalue weighted by molar-refractivity contribution is 0.101. The summed E-state index contributed by atoms with van der Waals surface area (Å²) in [4.78, 5) is 11.3. The summed E-state index contributed by atoms with van der Waals surface area (Å²) in [5.41, 5.74) is 0.358. The maximum atomic E-state index is 12.0. The van der Waals surface area contributed by atoms with Gasteiger partial charge in [-0.05, 0) is 31.9 Å². The van der Waals surface area contributed by atoms with E-state index in [1.807, 2.05) is 6.92 Å². The number of nitrogens with one attached hydrogen (secondary N) is 1. The minimum absolute atomic E-state index is 0.0613. The lowest BCUT2D eigenvalue weighted by Gasteiger charge is -2.10. The van der Waals surface area contributed by atoms with Gasteiger partial charge in [0.2, 0.25) is 10.0 Å². The highest BCUT2D eigenvalue weighted by atomic mass is 32.2. The molecule has 0 aromatic heterocycles. The molecule has 5 nitrogen and oxygen atoms in total. The molecule has 0 amide bonds. The molecular weight excluding hydrogens is 266 g/mol. The Morgan fingerprint density at radius 2 is 2.11 bits per heavy atom. The van der Waals surface area contributed by atoms with Crippen LogP contribution in [0, 0.1) is 0 Å². The van der Waals surface area contributed by atoms with Gasteiger partial charge in [-0.25, -0.2) is 13.1 Å². The first-order valence-corrected chi connectivity index (χ1v) is 7.64. The number of sulfonamides is 1. The fourth-order valence-corrected chi connectivity index (χ4v) is 2.62. The maximum absolute atomic E-state index is 12.0. The molecule has 0 saturated heterocycles. The number of hydrogen-bond acceptors (Lipinski definition) is 4. The van der Waals surface area contributed by atoms with Crippen LogP contribution in [0.3, 0.4) is 0 Å². The molecule has 1 unspecified atom stereocenters. The van der Waals surface area contributed by atoms with Gasteiger partial charge in [-0.2, -0.15) is 0 Å². The summed E-state index contributed by atoms with van der Waals surface area (Å²) in [6.45, 7) is 3.38. The number of benzene rings is 1. The van der Waals surface area contributed by atoms with Crippen LogP contribution in [0.15, 0.2) is 29.2 Å². The largest absolute Gasteiger partial charge is 0.393 e. The van der Waals surface area contributed by atoms with Crippen molar-refractivity contribution in [2.75, 3.05) is 6.54 Å². The van der Waals surface area contributed by atoms with Crippen molar-refractivity contribution in [3.63, 3.8) is 0 Å². The number of Topliss-reactive ketones (excluding diaryl/α,β-unsaturated/α-hetero) is 1. The number of ketones is 1. The van der Waals surface area contributed by atoms with Gasteiger partial charge in [0.15, 0.2) is 5.78 Å². The molecule has 0 heterocycles. The molecule has 0 fully saturated rings. The van der Waals surface area contributed by atoms with Crippen molar-refractivity contribution in [1.82, 2.24) is 4.72 Å². The lowest BCUT2D eigenvalue weighted by atomic mass is 10.2. The second kappa shape index (κ2) is 6.79. The molecule has 1 rings (SSSR count). The van der Waals surface area contributed by atoms with Crippen LogP contribution < -0.4 is 4.72 Å². The van der Waals surface area contributed by atoms with Gasteiger partial charge in [-0.3, -0.25) is 4.79 Å². The second-order valence-electron chi connectivity index (χ2n) is 4.33. The Kier molecular flexibility index (Phi) is 5.65. The lowest BCUT2D eigenvalue weighted by Crippen LogP contribution is -2.27. The molecule has 1 aromatic rings. The number of carbonyl (C=O) groups excluding carboxylic acids is 1. The van der Waals surface area contributed by atoms with Gasteiger partial charge in [0.25, 0.3) is 0 Å². The minimum atomic E-state index is -3.63. The SMILES string of the molecule is CCC(O)CCNS(=O)(=O)c1cccc(C(C)=O)c1. The summed E-state index contributed by atoms with van der Waals surface area (Å²) >= 11 is 0.